The van der Waals surface area contributed by atoms with E-state index in [1.165, 1.54) is 22.7 Å². The molecule has 0 spiro atoms. The number of benzene rings is 2. The van der Waals surface area contributed by atoms with Crippen molar-refractivity contribution in [3.8, 4) is 0 Å². The van der Waals surface area contributed by atoms with Crippen molar-refractivity contribution in [3.05, 3.63) is 64.2 Å². The second-order valence-electron chi connectivity index (χ2n) is 13.6. The fraction of sp³-hybridized carbons (Fsp3) is 0.618. The molecule has 4 fully saturated rings. The van der Waals surface area contributed by atoms with Crippen molar-refractivity contribution in [2.24, 2.45) is 11.8 Å². The molecule has 11 heteroatoms. The maximum atomic E-state index is 15.2. The van der Waals surface area contributed by atoms with Gasteiger partial charge in [-0.2, -0.15) is 0 Å². The third-order valence-corrected chi connectivity index (χ3v) is 12.0. The number of anilines is 1. The first kappa shape index (κ1) is 32.7. The van der Waals surface area contributed by atoms with Gasteiger partial charge in [-0.3, -0.25) is 9.10 Å². The van der Waals surface area contributed by atoms with Crippen LogP contribution in [0.25, 0.3) is 0 Å². The van der Waals surface area contributed by atoms with Crippen LogP contribution in [0.4, 0.5) is 14.5 Å². The molecule has 45 heavy (non-hydrogen) atoms. The lowest BCUT2D eigenvalue weighted by Gasteiger charge is -2.37. The highest BCUT2D eigenvalue weighted by Crippen LogP contribution is 2.46. The highest BCUT2D eigenvalue weighted by Gasteiger charge is 2.45. The lowest BCUT2D eigenvalue weighted by molar-refractivity contribution is -0.137. The number of likely N-dealkylation sites (tertiary alicyclic amines) is 1. The predicted octanol–water partition coefficient (Wildman–Crippen LogP) is 6.17. The molecule has 2 saturated heterocycles. The molecule has 0 N–H and O–H groups in total. The van der Waals surface area contributed by atoms with Gasteiger partial charge >= 0.3 is 0 Å². The van der Waals surface area contributed by atoms with Gasteiger partial charge in [0.15, 0.2) is 0 Å². The summed E-state index contributed by atoms with van der Waals surface area (Å²) in [4.78, 5) is 18.5. The molecule has 7 nitrogen and oxygen atoms in total. The number of halogens is 3. The number of carbonyl (C=O) groups is 1. The Labute approximate surface area is 270 Å². The molecule has 2 saturated carbocycles. The van der Waals surface area contributed by atoms with Crippen LogP contribution >= 0.6 is 11.6 Å². The average molecular weight is 664 g/mol. The molecule has 2 aromatic carbocycles. The van der Waals surface area contributed by atoms with Crippen LogP contribution in [0.2, 0.25) is 5.02 Å². The van der Waals surface area contributed by atoms with Crippen LogP contribution in [0.3, 0.4) is 0 Å². The van der Waals surface area contributed by atoms with Gasteiger partial charge in [-0.25, -0.2) is 17.2 Å². The van der Waals surface area contributed by atoms with E-state index in [4.69, 9.17) is 16.3 Å². The van der Waals surface area contributed by atoms with Crippen LogP contribution in [-0.2, 0) is 19.6 Å². The number of nitrogens with zero attached hydrogens (tertiary/aromatic N) is 3. The first-order valence-electron chi connectivity index (χ1n) is 16.3. The third-order valence-electron chi connectivity index (χ3n) is 10.6. The number of carbonyl (C=O) groups excluding carboxylic acids is 1. The summed E-state index contributed by atoms with van der Waals surface area (Å²) in [6.07, 6.45) is 7.78. The SMILES string of the molecule is CN(C1CCOCC1)C1CC(C(=O)N2CCC(c3cc(Cl)ccc3N(CC3CC3)S(C)(=O)=O)CC2)[C@H](c2ccc(F)cc2F)C1. The average Bonchev–Trinajstić information content (AvgIpc) is 3.75. The summed E-state index contributed by atoms with van der Waals surface area (Å²) < 4.78 is 61.8. The normalized spacial score (nSPS) is 25.2. The Morgan fingerprint density at radius 2 is 1.67 bits per heavy atom. The molecule has 0 aromatic heterocycles. The van der Waals surface area contributed by atoms with Gasteiger partial charge in [0.2, 0.25) is 15.9 Å². The first-order valence-corrected chi connectivity index (χ1v) is 18.5. The predicted molar refractivity (Wildman–Crippen MR) is 172 cm³/mol. The van der Waals surface area contributed by atoms with Gasteiger partial charge in [-0.1, -0.05) is 17.7 Å². The minimum absolute atomic E-state index is 0.0165. The lowest BCUT2D eigenvalue weighted by Crippen LogP contribution is -2.44. The first-order chi connectivity index (χ1) is 21.5. The molecule has 2 aromatic rings. The fourth-order valence-electron chi connectivity index (χ4n) is 7.83. The van der Waals surface area contributed by atoms with Crippen molar-refractivity contribution < 1.29 is 26.7 Å². The number of piperidine rings is 1. The summed E-state index contributed by atoms with van der Waals surface area (Å²) in [6, 6.07) is 9.61. The van der Waals surface area contributed by atoms with E-state index in [-0.39, 0.29) is 23.8 Å². The highest BCUT2D eigenvalue weighted by molar-refractivity contribution is 7.92. The Kier molecular flexibility index (Phi) is 9.77. The summed E-state index contributed by atoms with van der Waals surface area (Å²) in [5, 5.41) is 0.557. The Bertz CT molecular complexity index is 1490. The molecular formula is C34H44ClF2N3O4S. The van der Waals surface area contributed by atoms with Gasteiger partial charge < -0.3 is 14.5 Å². The van der Waals surface area contributed by atoms with Crippen LogP contribution < -0.4 is 4.31 Å². The van der Waals surface area contributed by atoms with Gasteiger partial charge in [-0.05, 0) is 112 Å². The molecule has 4 aliphatic rings. The number of amides is 1. The summed E-state index contributed by atoms with van der Waals surface area (Å²) in [5.41, 5.74) is 2.00. The summed E-state index contributed by atoms with van der Waals surface area (Å²) in [7, 11) is -1.38. The van der Waals surface area contributed by atoms with Crippen molar-refractivity contribution in [1.29, 1.82) is 0 Å². The molecule has 246 valence electrons. The van der Waals surface area contributed by atoms with E-state index >= 15 is 4.39 Å². The van der Waals surface area contributed by atoms with E-state index < -0.39 is 27.6 Å². The lowest BCUT2D eigenvalue weighted by atomic mass is 9.85. The van der Waals surface area contributed by atoms with Crippen LogP contribution in [0.15, 0.2) is 36.4 Å². The molecule has 2 aliphatic heterocycles. The Morgan fingerprint density at radius 1 is 0.956 bits per heavy atom. The topological polar surface area (TPSA) is 70.2 Å². The molecule has 6 rings (SSSR count). The third kappa shape index (κ3) is 7.34. The molecular weight excluding hydrogens is 620 g/mol. The number of rotatable bonds is 9. The van der Waals surface area contributed by atoms with Gasteiger partial charge in [0.1, 0.15) is 11.6 Å². The van der Waals surface area contributed by atoms with Crippen molar-refractivity contribution in [1.82, 2.24) is 9.80 Å². The number of hydrogen-bond acceptors (Lipinski definition) is 5. The molecule has 2 aliphatic carbocycles. The van der Waals surface area contributed by atoms with Crippen molar-refractivity contribution >= 4 is 33.2 Å². The molecule has 3 atom stereocenters. The molecule has 2 unspecified atom stereocenters. The van der Waals surface area contributed by atoms with Gasteiger partial charge in [0.05, 0.1) is 11.9 Å². The maximum absolute atomic E-state index is 15.2. The van der Waals surface area contributed by atoms with Crippen LogP contribution in [0.5, 0.6) is 0 Å². The molecule has 0 radical (unpaired) electrons. The minimum atomic E-state index is -3.48. The van der Waals surface area contributed by atoms with Crippen LogP contribution in [-0.4, -0.2) is 82.4 Å². The quantitative estimate of drug-likeness (QED) is 0.321. The monoisotopic (exact) mass is 663 g/mol. The second kappa shape index (κ2) is 13.5. The summed E-state index contributed by atoms with van der Waals surface area (Å²) in [6.45, 7) is 2.94. The standard InChI is InChI=1S/C34H44ClF2N3O4S/c1-38(26-11-15-44-16-12-26)27-19-30(28-7-6-25(36)18-32(28)37)31(20-27)34(41)39-13-9-23(10-14-39)29-17-24(35)5-8-33(29)40(45(2,42)43)21-22-3-4-22/h5-8,17-18,22-23,26-27,30-31H,3-4,9-16,19-21H2,1-2H3/t27?,30-,31?/m0/s1. The molecule has 0 bridgehead atoms. The Morgan fingerprint density at radius 3 is 2.31 bits per heavy atom. The van der Waals surface area contributed by atoms with E-state index in [1.807, 2.05) is 17.0 Å². The maximum Gasteiger partial charge on any atom is 0.232 e. The van der Waals surface area contributed by atoms with Crippen LogP contribution in [0, 0.1) is 23.5 Å². The zero-order valence-corrected chi connectivity index (χ0v) is 27.7. The summed E-state index contributed by atoms with van der Waals surface area (Å²) >= 11 is 6.43. The minimum Gasteiger partial charge on any atom is -0.381 e. The van der Waals surface area contributed by atoms with E-state index in [9.17, 15) is 17.6 Å². The van der Waals surface area contributed by atoms with E-state index in [0.29, 0.717) is 86.8 Å². The Hall–Kier alpha value is -2.27. The van der Waals surface area contributed by atoms with E-state index in [2.05, 4.69) is 11.9 Å². The van der Waals surface area contributed by atoms with E-state index in [0.717, 1.165) is 37.3 Å². The fourth-order valence-corrected chi connectivity index (χ4v) is 9.01. The van der Waals surface area contributed by atoms with Crippen molar-refractivity contribution in [2.75, 3.05) is 50.5 Å². The molecule has 2 heterocycles. The van der Waals surface area contributed by atoms with Crippen molar-refractivity contribution in [2.45, 2.75) is 75.3 Å². The van der Waals surface area contributed by atoms with Crippen molar-refractivity contribution in [3.63, 3.8) is 0 Å². The number of ether oxygens (including phenoxy) is 1. The summed E-state index contributed by atoms with van der Waals surface area (Å²) in [5.74, 6) is -1.52. The Balaban J connectivity index is 1.20. The van der Waals surface area contributed by atoms with Gasteiger partial charge in [0, 0.05) is 61.9 Å². The van der Waals surface area contributed by atoms with Gasteiger partial charge in [-0.15, -0.1) is 0 Å². The van der Waals surface area contributed by atoms with E-state index in [1.54, 1.807) is 6.07 Å². The highest BCUT2D eigenvalue weighted by atomic mass is 35.5. The zero-order chi connectivity index (χ0) is 31.9. The number of hydrogen-bond donors (Lipinski definition) is 0. The second-order valence-corrected chi connectivity index (χ2v) is 15.9. The number of sulfonamides is 1. The smallest absolute Gasteiger partial charge is 0.232 e. The van der Waals surface area contributed by atoms with Crippen LogP contribution in [0.1, 0.15) is 74.3 Å². The van der Waals surface area contributed by atoms with Gasteiger partial charge in [0.25, 0.3) is 0 Å². The molecule has 1 amide bonds. The zero-order valence-electron chi connectivity index (χ0n) is 26.1. The largest absolute Gasteiger partial charge is 0.381 e.